The number of rotatable bonds is 8. The molecular weight excluding hydrogens is 233 g/mol. The first-order valence-corrected chi connectivity index (χ1v) is 6.22. The van der Waals surface area contributed by atoms with Crippen LogP contribution in [-0.4, -0.2) is 50.0 Å². The van der Waals surface area contributed by atoms with Gasteiger partial charge in [0.2, 0.25) is 0 Å². The Morgan fingerprint density at radius 1 is 1.44 bits per heavy atom. The van der Waals surface area contributed by atoms with Gasteiger partial charge in [-0.05, 0) is 44.1 Å². The molecule has 4 heteroatoms. The summed E-state index contributed by atoms with van der Waals surface area (Å²) >= 11 is 0. The molecule has 0 aromatic heterocycles. The highest BCUT2D eigenvalue weighted by molar-refractivity contribution is 5.16. The van der Waals surface area contributed by atoms with Crippen molar-refractivity contribution in [3.8, 4) is 0 Å². The molecule has 102 valence electrons. The van der Waals surface area contributed by atoms with E-state index in [1.165, 1.54) is 6.07 Å². The van der Waals surface area contributed by atoms with Crippen LogP contribution in [0.5, 0.6) is 0 Å². The van der Waals surface area contributed by atoms with Crippen molar-refractivity contribution in [3.05, 3.63) is 35.6 Å². The first-order chi connectivity index (χ1) is 8.61. The Bertz CT molecular complexity index is 346. The Hall–Kier alpha value is -0.970. The maximum absolute atomic E-state index is 13.0. The minimum atomic E-state index is -0.450. The lowest BCUT2D eigenvalue weighted by Crippen LogP contribution is -2.32. The molecule has 0 aliphatic rings. The number of aliphatic hydroxyl groups excluding tert-OH is 1. The maximum Gasteiger partial charge on any atom is 0.123 e. The van der Waals surface area contributed by atoms with Gasteiger partial charge in [-0.25, -0.2) is 4.39 Å². The zero-order valence-corrected chi connectivity index (χ0v) is 11.1. The zero-order valence-electron chi connectivity index (χ0n) is 11.1. The lowest BCUT2D eigenvalue weighted by atomic mass is 10.1. The van der Waals surface area contributed by atoms with Gasteiger partial charge in [-0.15, -0.1) is 0 Å². The molecule has 3 nitrogen and oxygen atoms in total. The number of methoxy groups -OCH3 is 1. The molecule has 0 heterocycles. The van der Waals surface area contributed by atoms with Crippen molar-refractivity contribution in [2.75, 3.05) is 33.9 Å². The summed E-state index contributed by atoms with van der Waals surface area (Å²) in [7, 11) is 3.54. The van der Waals surface area contributed by atoms with Crippen LogP contribution in [0, 0.1) is 5.82 Å². The van der Waals surface area contributed by atoms with Gasteiger partial charge in [0.15, 0.2) is 0 Å². The smallest absolute Gasteiger partial charge is 0.123 e. The number of aryl methyl sites for hydroxylation is 1. The van der Waals surface area contributed by atoms with Crippen LogP contribution in [0.1, 0.15) is 12.0 Å². The Kier molecular flexibility index (Phi) is 6.86. The maximum atomic E-state index is 13.0. The van der Waals surface area contributed by atoms with Crippen LogP contribution < -0.4 is 0 Å². The molecule has 0 saturated carbocycles. The summed E-state index contributed by atoms with van der Waals surface area (Å²) in [4.78, 5) is 2.06. The first-order valence-electron chi connectivity index (χ1n) is 6.22. The molecule has 1 aromatic rings. The van der Waals surface area contributed by atoms with Crippen molar-refractivity contribution >= 4 is 0 Å². The summed E-state index contributed by atoms with van der Waals surface area (Å²) < 4.78 is 17.8. The standard InChI is InChI=1S/C14H22FNO2/c1-16(10-14(17)11-18-2)8-4-6-12-5-3-7-13(15)9-12/h3,5,7,9,14,17H,4,6,8,10-11H2,1-2H3. The number of hydrogen-bond donors (Lipinski definition) is 1. The predicted octanol–water partition coefficient (Wildman–Crippen LogP) is 1.70. The van der Waals surface area contributed by atoms with Gasteiger partial charge in [0.25, 0.3) is 0 Å². The van der Waals surface area contributed by atoms with Crippen molar-refractivity contribution in [1.82, 2.24) is 4.90 Å². The van der Waals surface area contributed by atoms with Crippen molar-refractivity contribution in [2.45, 2.75) is 18.9 Å². The number of halogens is 1. The van der Waals surface area contributed by atoms with E-state index in [2.05, 4.69) is 4.90 Å². The van der Waals surface area contributed by atoms with Gasteiger partial charge >= 0.3 is 0 Å². The molecule has 1 aromatic carbocycles. The molecule has 0 fully saturated rings. The fourth-order valence-corrected chi connectivity index (χ4v) is 1.94. The molecule has 0 bridgehead atoms. The molecule has 0 spiro atoms. The third-order valence-electron chi connectivity index (χ3n) is 2.78. The third kappa shape index (κ3) is 6.10. The summed E-state index contributed by atoms with van der Waals surface area (Å²) in [6, 6.07) is 6.69. The Morgan fingerprint density at radius 3 is 2.89 bits per heavy atom. The van der Waals surface area contributed by atoms with E-state index in [0.717, 1.165) is 24.9 Å². The minimum Gasteiger partial charge on any atom is -0.389 e. The summed E-state index contributed by atoms with van der Waals surface area (Å²) in [6.45, 7) is 1.82. The van der Waals surface area contributed by atoms with Gasteiger partial charge in [0.1, 0.15) is 5.82 Å². The van der Waals surface area contributed by atoms with Crippen LogP contribution in [0.4, 0.5) is 4.39 Å². The Balaban J connectivity index is 2.21. The fourth-order valence-electron chi connectivity index (χ4n) is 1.94. The zero-order chi connectivity index (χ0) is 13.4. The van der Waals surface area contributed by atoms with E-state index in [0.29, 0.717) is 13.2 Å². The van der Waals surface area contributed by atoms with Crippen LogP contribution in [0.15, 0.2) is 24.3 Å². The average molecular weight is 255 g/mol. The molecule has 0 saturated heterocycles. The highest BCUT2D eigenvalue weighted by Crippen LogP contribution is 2.06. The van der Waals surface area contributed by atoms with Gasteiger partial charge in [-0.1, -0.05) is 12.1 Å². The quantitative estimate of drug-likeness (QED) is 0.767. The number of hydrogen-bond acceptors (Lipinski definition) is 3. The minimum absolute atomic E-state index is 0.184. The van der Waals surface area contributed by atoms with Crippen molar-refractivity contribution in [3.63, 3.8) is 0 Å². The van der Waals surface area contributed by atoms with Crippen molar-refractivity contribution < 1.29 is 14.2 Å². The van der Waals surface area contributed by atoms with Crippen LogP contribution in [0.3, 0.4) is 0 Å². The van der Waals surface area contributed by atoms with E-state index in [-0.39, 0.29) is 5.82 Å². The number of benzene rings is 1. The monoisotopic (exact) mass is 255 g/mol. The lowest BCUT2D eigenvalue weighted by Gasteiger charge is -2.19. The van der Waals surface area contributed by atoms with E-state index >= 15 is 0 Å². The van der Waals surface area contributed by atoms with Gasteiger partial charge in [0.05, 0.1) is 12.7 Å². The average Bonchev–Trinajstić information content (AvgIpc) is 2.29. The van der Waals surface area contributed by atoms with Gasteiger partial charge in [0, 0.05) is 13.7 Å². The number of likely N-dealkylation sites (N-methyl/N-ethyl adjacent to an activating group) is 1. The molecule has 0 aliphatic heterocycles. The Morgan fingerprint density at radius 2 is 2.22 bits per heavy atom. The normalized spacial score (nSPS) is 12.9. The van der Waals surface area contributed by atoms with Gasteiger partial charge < -0.3 is 14.7 Å². The molecule has 1 atom stereocenters. The second kappa shape index (κ2) is 8.19. The summed E-state index contributed by atoms with van der Waals surface area (Å²) in [5, 5.41) is 9.56. The molecule has 1 unspecified atom stereocenters. The number of aliphatic hydroxyl groups is 1. The van der Waals surface area contributed by atoms with Crippen LogP contribution in [-0.2, 0) is 11.2 Å². The molecule has 18 heavy (non-hydrogen) atoms. The highest BCUT2D eigenvalue weighted by atomic mass is 19.1. The molecule has 0 radical (unpaired) electrons. The third-order valence-corrected chi connectivity index (χ3v) is 2.78. The second-order valence-electron chi connectivity index (χ2n) is 4.60. The van der Waals surface area contributed by atoms with E-state index in [1.54, 1.807) is 19.2 Å². The van der Waals surface area contributed by atoms with E-state index < -0.39 is 6.10 Å². The van der Waals surface area contributed by atoms with Crippen LogP contribution in [0.2, 0.25) is 0 Å². The summed E-state index contributed by atoms with van der Waals surface area (Å²) in [6.07, 6.45) is 1.34. The first kappa shape index (κ1) is 15.1. The lowest BCUT2D eigenvalue weighted by molar-refractivity contribution is 0.0431. The Labute approximate surface area is 108 Å². The number of ether oxygens (including phenoxy) is 1. The van der Waals surface area contributed by atoms with Crippen LogP contribution in [0.25, 0.3) is 0 Å². The van der Waals surface area contributed by atoms with Crippen LogP contribution >= 0.6 is 0 Å². The number of nitrogens with zero attached hydrogens (tertiary/aromatic N) is 1. The van der Waals surface area contributed by atoms with Gasteiger partial charge in [-0.2, -0.15) is 0 Å². The summed E-state index contributed by atoms with van der Waals surface area (Å²) in [5.74, 6) is -0.184. The van der Waals surface area contributed by atoms with Gasteiger partial charge in [-0.3, -0.25) is 0 Å². The predicted molar refractivity (Wildman–Crippen MR) is 70.1 cm³/mol. The van der Waals surface area contributed by atoms with E-state index in [9.17, 15) is 9.50 Å². The molecule has 0 amide bonds. The van der Waals surface area contributed by atoms with E-state index in [4.69, 9.17) is 4.74 Å². The summed E-state index contributed by atoms with van der Waals surface area (Å²) in [5.41, 5.74) is 1.01. The second-order valence-corrected chi connectivity index (χ2v) is 4.60. The highest BCUT2D eigenvalue weighted by Gasteiger charge is 2.07. The fraction of sp³-hybridized carbons (Fsp3) is 0.571. The molecule has 0 aliphatic carbocycles. The molecular formula is C14H22FNO2. The SMILES string of the molecule is COCC(O)CN(C)CCCc1cccc(F)c1. The topological polar surface area (TPSA) is 32.7 Å². The van der Waals surface area contributed by atoms with Crippen molar-refractivity contribution in [1.29, 1.82) is 0 Å². The van der Waals surface area contributed by atoms with E-state index in [1.807, 2.05) is 13.1 Å². The molecule has 1 N–H and O–H groups in total. The molecule has 1 rings (SSSR count). The largest absolute Gasteiger partial charge is 0.389 e. The van der Waals surface area contributed by atoms with Crippen molar-refractivity contribution in [2.24, 2.45) is 0 Å².